The maximum absolute atomic E-state index is 10.4. The molecule has 1 fully saturated rings. The van der Waals surface area contributed by atoms with Crippen LogP contribution in [0.25, 0.3) is 0 Å². The molecule has 1 heterocycles. The summed E-state index contributed by atoms with van der Waals surface area (Å²) >= 11 is 0. The molecule has 0 spiro atoms. The van der Waals surface area contributed by atoms with Gasteiger partial charge in [-0.05, 0) is 0 Å². The summed E-state index contributed by atoms with van der Waals surface area (Å²) in [6.07, 6.45) is -2.24. The Morgan fingerprint density at radius 1 is 1.69 bits per heavy atom. The zero-order chi connectivity index (χ0) is 10.0. The molecule has 6 nitrogen and oxygen atoms in total. The van der Waals surface area contributed by atoms with Crippen LogP contribution >= 0.6 is 0 Å². The first-order chi connectivity index (χ1) is 6.06. The van der Waals surface area contributed by atoms with Crippen LogP contribution < -0.4 is 11.1 Å². The number of nitrogens with one attached hydrogen (secondary N) is 1. The predicted octanol–water partition coefficient (Wildman–Crippen LogP) is -1.63. The van der Waals surface area contributed by atoms with E-state index in [-0.39, 0.29) is 12.5 Å². The van der Waals surface area contributed by atoms with Gasteiger partial charge in [0, 0.05) is 5.92 Å². The SMILES string of the molecule is C[C@H]1[C@H](O)[C@@H](CO)N[C@H]1OC(N)=O. The molecule has 0 aliphatic carbocycles. The molecule has 0 aromatic carbocycles. The molecular weight excluding hydrogens is 176 g/mol. The van der Waals surface area contributed by atoms with Crippen LogP contribution in [-0.4, -0.2) is 41.3 Å². The third-order valence-corrected chi connectivity index (χ3v) is 2.25. The summed E-state index contributed by atoms with van der Waals surface area (Å²) in [6, 6.07) is -0.459. The van der Waals surface area contributed by atoms with Crippen molar-refractivity contribution in [2.75, 3.05) is 6.61 Å². The molecule has 0 unspecified atom stereocenters. The quantitative estimate of drug-likeness (QED) is 0.418. The van der Waals surface area contributed by atoms with Gasteiger partial charge in [-0.2, -0.15) is 0 Å². The summed E-state index contributed by atoms with van der Waals surface area (Å²) in [5.74, 6) is -0.273. The van der Waals surface area contributed by atoms with Crippen LogP contribution in [-0.2, 0) is 4.74 Å². The lowest BCUT2D eigenvalue weighted by Crippen LogP contribution is -2.38. The first kappa shape index (κ1) is 10.2. The van der Waals surface area contributed by atoms with Gasteiger partial charge in [-0.3, -0.25) is 5.32 Å². The summed E-state index contributed by atoms with van der Waals surface area (Å²) in [5.41, 5.74) is 4.82. The molecule has 76 valence electrons. The number of hydrogen-bond donors (Lipinski definition) is 4. The summed E-state index contributed by atoms with van der Waals surface area (Å²) in [4.78, 5) is 10.4. The number of carbonyl (C=O) groups is 1. The van der Waals surface area contributed by atoms with E-state index in [2.05, 4.69) is 10.1 Å². The Labute approximate surface area is 75.7 Å². The van der Waals surface area contributed by atoms with Crippen molar-refractivity contribution in [3.8, 4) is 0 Å². The van der Waals surface area contributed by atoms with E-state index in [9.17, 15) is 9.90 Å². The minimum atomic E-state index is -0.893. The van der Waals surface area contributed by atoms with Crippen LogP contribution in [0.4, 0.5) is 4.79 Å². The minimum absolute atomic E-state index is 0.204. The normalized spacial score (nSPS) is 39.0. The number of primary amides is 1. The molecule has 0 aromatic rings. The second-order valence-electron chi connectivity index (χ2n) is 3.16. The first-order valence-electron chi connectivity index (χ1n) is 4.07. The van der Waals surface area contributed by atoms with Crippen molar-refractivity contribution in [3.63, 3.8) is 0 Å². The number of ether oxygens (including phenoxy) is 1. The average molecular weight is 190 g/mol. The van der Waals surface area contributed by atoms with Crippen LogP contribution in [0.3, 0.4) is 0 Å². The lowest BCUT2D eigenvalue weighted by molar-refractivity contribution is 0.0470. The number of hydrogen-bond acceptors (Lipinski definition) is 5. The Morgan fingerprint density at radius 3 is 2.69 bits per heavy atom. The van der Waals surface area contributed by atoms with Gasteiger partial charge in [0.25, 0.3) is 0 Å². The highest BCUT2D eigenvalue weighted by molar-refractivity contribution is 5.64. The Bertz CT molecular complexity index is 199. The van der Waals surface area contributed by atoms with Crippen molar-refractivity contribution in [2.24, 2.45) is 11.7 Å². The summed E-state index contributed by atoms with van der Waals surface area (Å²) in [7, 11) is 0. The topological polar surface area (TPSA) is 105 Å². The second-order valence-corrected chi connectivity index (χ2v) is 3.16. The van der Waals surface area contributed by atoms with E-state index in [0.29, 0.717) is 0 Å². The molecule has 1 aliphatic rings. The maximum Gasteiger partial charge on any atom is 0.406 e. The minimum Gasteiger partial charge on any atom is -0.430 e. The van der Waals surface area contributed by atoms with Crippen molar-refractivity contribution >= 4 is 6.09 Å². The van der Waals surface area contributed by atoms with E-state index >= 15 is 0 Å². The van der Waals surface area contributed by atoms with Gasteiger partial charge in [-0.25, -0.2) is 4.79 Å². The highest BCUT2D eigenvalue weighted by Crippen LogP contribution is 2.21. The smallest absolute Gasteiger partial charge is 0.406 e. The van der Waals surface area contributed by atoms with Crippen LogP contribution in [0.15, 0.2) is 0 Å². The molecule has 1 amide bonds. The molecule has 0 saturated carbocycles. The van der Waals surface area contributed by atoms with Gasteiger partial charge in [-0.15, -0.1) is 0 Å². The lowest BCUT2D eigenvalue weighted by Gasteiger charge is -2.15. The Morgan fingerprint density at radius 2 is 2.31 bits per heavy atom. The fourth-order valence-electron chi connectivity index (χ4n) is 1.43. The number of aliphatic hydroxyl groups is 2. The standard InChI is InChI=1S/C7H14N2O4/c1-3-5(11)4(2-10)9-6(3)13-7(8)12/h3-6,9-11H,2H2,1H3,(H2,8,12)/t3-,4+,5-,6-/m0/s1. The van der Waals surface area contributed by atoms with Crippen molar-refractivity contribution < 1.29 is 19.7 Å². The van der Waals surface area contributed by atoms with Crippen LogP contribution in [0.2, 0.25) is 0 Å². The first-order valence-corrected chi connectivity index (χ1v) is 4.07. The zero-order valence-electron chi connectivity index (χ0n) is 7.30. The molecule has 1 rings (SSSR count). The summed E-state index contributed by atoms with van der Waals surface area (Å²) in [6.45, 7) is 1.51. The number of nitrogens with two attached hydrogens (primary N) is 1. The highest BCUT2D eigenvalue weighted by Gasteiger charge is 2.40. The Balaban J connectivity index is 2.55. The fraction of sp³-hybridized carbons (Fsp3) is 0.857. The van der Waals surface area contributed by atoms with E-state index in [4.69, 9.17) is 10.8 Å². The maximum atomic E-state index is 10.4. The fourth-order valence-corrected chi connectivity index (χ4v) is 1.43. The average Bonchev–Trinajstić information content (AvgIpc) is 2.32. The number of aliphatic hydroxyl groups excluding tert-OH is 2. The van der Waals surface area contributed by atoms with Gasteiger partial charge in [-0.1, -0.05) is 6.92 Å². The second kappa shape index (κ2) is 3.91. The highest BCUT2D eigenvalue weighted by atomic mass is 16.6. The molecular formula is C7H14N2O4. The Hall–Kier alpha value is -0.850. The van der Waals surface area contributed by atoms with Gasteiger partial charge in [0.05, 0.1) is 18.8 Å². The molecule has 13 heavy (non-hydrogen) atoms. The van der Waals surface area contributed by atoms with Gasteiger partial charge < -0.3 is 20.7 Å². The van der Waals surface area contributed by atoms with Crippen molar-refractivity contribution in [1.82, 2.24) is 5.32 Å². The van der Waals surface area contributed by atoms with Crippen LogP contribution in [0.5, 0.6) is 0 Å². The molecule has 0 radical (unpaired) electrons. The number of amides is 1. The van der Waals surface area contributed by atoms with E-state index < -0.39 is 24.5 Å². The van der Waals surface area contributed by atoms with E-state index in [0.717, 1.165) is 0 Å². The monoisotopic (exact) mass is 190 g/mol. The zero-order valence-corrected chi connectivity index (χ0v) is 7.30. The van der Waals surface area contributed by atoms with Gasteiger partial charge in [0.1, 0.15) is 0 Å². The van der Waals surface area contributed by atoms with Crippen molar-refractivity contribution in [2.45, 2.75) is 25.3 Å². The largest absolute Gasteiger partial charge is 0.430 e. The third kappa shape index (κ3) is 2.09. The third-order valence-electron chi connectivity index (χ3n) is 2.25. The van der Waals surface area contributed by atoms with Gasteiger partial charge in [0.2, 0.25) is 0 Å². The van der Waals surface area contributed by atoms with E-state index in [1.165, 1.54) is 0 Å². The summed E-state index contributed by atoms with van der Waals surface area (Å²) < 4.78 is 4.68. The van der Waals surface area contributed by atoms with Gasteiger partial charge >= 0.3 is 6.09 Å². The molecule has 6 heteroatoms. The molecule has 4 atom stereocenters. The number of rotatable bonds is 2. The van der Waals surface area contributed by atoms with Crippen LogP contribution in [0, 0.1) is 5.92 Å². The van der Waals surface area contributed by atoms with Crippen LogP contribution in [0.1, 0.15) is 6.92 Å². The molecule has 0 bridgehead atoms. The lowest BCUT2D eigenvalue weighted by atomic mass is 10.0. The van der Waals surface area contributed by atoms with Crippen molar-refractivity contribution in [1.29, 1.82) is 0 Å². The Kier molecular flexibility index (Phi) is 3.07. The number of carbonyl (C=O) groups excluding carboxylic acids is 1. The predicted molar refractivity (Wildman–Crippen MR) is 43.6 cm³/mol. The van der Waals surface area contributed by atoms with E-state index in [1.54, 1.807) is 6.92 Å². The molecule has 5 N–H and O–H groups in total. The molecule has 1 aliphatic heterocycles. The molecule has 0 aromatic heterocycles. The summed E-state index contributed by atoms with van der Waals surface area (Å²) in [5, 5.41) is 21.0. The molecule has 1 saturated heterocycles. The van der Waals surface area contributed by atoms with Crippen molar-refractivity contribution in [3.05, 3.63) is 0 Å². The van der Waals surface area contributed by atoms with Gasteiger partial charge in [0.15, 0.2) is 6.23 Å². The van der Waals surface area contributed by atoms with E-state index in [1.807, 2.05) is 0 Å².